The van der Waals surface area contributed by atoms with E-state index < -0.39 is 0 Å². The molecule has 1 aromatic rings. The van der Waals surface area contributed by atoms with E-state index in [0.717, 1.165) is 38.5 Å². The third-order valence-electron chi connectivity index (χ3n) is 4.18. The van der Waals surface area contributed by atoms with E-state index >= 15 is 0 Å². The smallest absolute Gasteiger partial charge is 0.305 e. The number of phenolic OH excluding ortho intramolecular Hbond substituents is 2. The van der Waals surface area contributed by atoms with Crippen LogP contribution in [0.2, 0.25) is 5.02 Å². The zero-order chi connectivity index (χ0) is 19.5. The van der Waals surface area contributed by atoms with Gasteiger partial charge in [0.1, 0.15) is 11.5 Å². The molecule has 0 amide bonds. The molecule has 5 nitrogen and oxygen atoms in total. The van der Waals surface area contributed by atoms with E-state index in [1.54, 1.807) is 19.9 Å². The number of aromatic hydroxyl groups is 2. The van der Waals surface area contributed by atoms with Crippen molar-refractivity contribution >= 4 is 29.9 Å². The Kier molecular flexibility index (Phi) is 9.81. The van der Waals surface area contributed by atoms with Crippen LogP contribution in [0.3, 0.4) is 0 Å². The van der Waals surface area contributed by atoms with Gasteiger partial charge in [-0.3, -0.25) is 9.59 Å². The summed E-state index contributed by atoms with van der Waals surface area (Å²) in [6.45, 7) is 3.83. The summed E-state index contributed by atoms with van der Waals surface area (Å²) in [6.07, 6.45) is 10.1. The zero-order valence-electron chi connectivity index (χ0n) is 15.4. The third kappa shape index (κ3) is 6.37. The van der Waals surface area contributed by atoms with Crippen molar-refractivity contribution in [3.05, 3.63) is 27.8 Å². The van der Waals surface area contributed by atoms with Gasteiger partial charge in [0, 0.05) is 6.42 Å². The molecule has 0 aromatic heterocycles. The minimum absolute atomic E-state index is 0.0772. The first-order chi connectivity index (χ1) is 12.4. The Morgan fingerprint density at radius 3 is 2.38 bits per heavy atom. The van der Waals surface area contributed by atoms with Crippen molar-refractivity contribution in [1.82, 2.24) is 0 Å². The first-order valence-electron chi connectivity index (χ1n) is 8.95. The lowest BCUT2D eigenvalue weighted by atomic mass is 10.0. The SMILES string of the molecule is CCC(=O)OCCCCCCCC=Cc1c(O)c(Cl)c(C)c(C=O)c1O. The van der Waals surface area contributed by atoms with E-state index in [2.05, 4.69) is 0 Å². The molecule has 0 radical (unpaired) electrons. The van der Waals surface area contributed by atoms with Crippen LogP contribution in [0.5, 0.6) is 11.5 Å². The summed E-state index contributed by atoms with van der Waals surface area (Å²) in [4.78, 5) is 22.1. The molecule has 0 bridgehead atoms. The van der Waals surface area contributed by atoms with Crippen molar-refractivity contribution in [3.8, 4) is 11.5 Å². The van der Waals surface area contributed by atoms with Gasteiger partial charge >= 0.3 is 5.97 Å². The fraction of sp³-hybridized carbons (Fsp3) is 0.500. The maximum Gasteiger partial charge on any atom is 0.305 e. The van der Waals surface area contributed by atoms with E-state index in [0.29, 0.717) is 24.9 Å². The largest absolute Gasteiger partial charge is 0.506 e. The van der Waals surface area contributed by atoms with E-state index in [1.807, 2.05) is 6.08 Å². The van der Waals surface area contributed by atoms with Gasteiger partial charge in [0.2, 0.25) is 0 Å². The van der Waals surface area contributed by atoms with Gasteiger partial charge in [-0.05, 0) is 31.7 Å². The molecule has 0 heterocycles. The number of halogens is 1. The Bertz CT molecular complexity index is 652. The number of benzene rings is 1. The first kappa shape index (κ1) is 22.0. The van der Waals surface area contributed by atoms with Crippen LogP contribution in [-0.4, -0.2) is 29.1 Å². The lowest BCUT2D eigenvalue weighted by molar-refractivity contribution is -0.143. The van der Waals surface area contributed by atoms with Crippen molar-refractivity contribution in [2.45, 2.75) is 58.8 Å². The number of ether oxygens (including phenoxy) is 1. The molecule has 0 unspecified atom stereocenters. The Balaban J connectivity index is 2.38. The second-order valence-electron chi connectivity index (χ2n) is 6.11. The Labute approximate surface area is 159 Å². The monoisotopic (exact) mass is 382 g/mol. The van der Waals surface area contributed by atoms with Crippen LogP contribution < -0.4 is 0 Å². The standard InChI is InChI=1S/C20H27ClO5/c1-3-17(23)26-12-10-8-6-4-5-7-9-11-15-19(24)16(13-22)14(2)18(21)20(15)25/h9,11,13,24-25H,3-8,10,12H2,1-2H3. The van der Waals surface area contributed by atoms with E-state index in [-0.39, 0.29) is 33.6 Å². The molecule has 26 heavy (non-hydrogen) atoms. The highest BCUT2D eigenvalue weighted by molar-refractivity contribution is 6.33. The van der Waals surface area contributed by atoms with Gasteiger partial charge in [-0.25, -0.2) is 0 Å². The number of carbonyl (C=O) groups excluding carboxylic acids is 2. The van der Waals surface area contributed by atoms with Gasteiger partial charge in [-0.15, -0.1) is 0 Å². The number of unbranched alkanes of at least 4 members (excludes halogenated alkanes) is 5. The number of rotatable bonds is 11. The number of esters is 1. The normalized spacial score (nSPS) is 11.0. The topological polar surface area (TPSA) is 83.8 Å². The second kappa shape index (κ2) is 11.6. The minimum Gasteiger partial charge on any atom is -0.506 e. The molecule has 1 aromatic carbocycles. The van der Waals surface area contributed by atoms with Crippen molar-refractivity contribution in [2.24, 2.45) is 0 Å². The average Bonchev–Trinajstić information content (AvgIpc) is 2.64. The molecular formula is C20H27ClO5. The van der Waals surface area contributed by atoms with Gasteiger partial charge in [0.25, 0.3) is 0 Å². The number of allylic oxidation sites excluding steroid dienone is 1. The Hall–Kier alpha value is -2.01. The molecule has 0 fully saturated rings. The highest BCUT2D eigenvalue weighted by Gasteiger charge is 2.18. The molecule has 0 aliphatic rings. The van der Waals surface area contributed by atoms with Crippen molar-refractivity contribution in [3.63, 3.8) is 0 Å². The summed E-state index contributed by atoms with van der Waals surface area (Å²) in [5.41, 5.74) is 0.620. The zero-order valence-corrected chi connectivity index (χ0v) is 16.1. The molecule has 1 rings (SSSR count). The number of phenols is 2. The predicted octanol–water partition coefficient (Wildman–Crippen LogP) is 5.18. The highest BCUT2D eigenvalue weighted by Crippen LogP contribution is 2.40. The second-order valence-corrected chi connectivity index (χ2v) is 6.49. The van der Waals surface area contributed by atoms with Crippen LogP contribution in [0, 0.1) is 6.92 Å². The summed E-state index contributed by atoms with van der Waals surface area (Å²) in [5, 5.41) is 20.3. The van der Waals surface area contributed by atoms with Crippen LogP contribution in [0.4, 0.5) is 0 Å². The van der Waals surface area contributed by atoms with E-state index in [1.165, 1.54) is 0 Å². The number of aldehydes is 1. The van der Waals surface area contributed by atoms with Gasteiger partial charge in [-0.1, -0.05) is 49.9 Å². The molecule has 0 spiro atoms. The molecule has 0 atom stereocenters. The van der Waals surface area contributed by atoms with Gasteiger partial charge in [0.05, 0.1) is 22.8 Å². The van der Waals surface area contributed by atoms with Gasteiger partial charge in [0.15, 0.2) is 6.29 Å². The van der Waals surface area contributed by atoms with Crippen LogP contribution in [0.1, 0.15) is 73.4 Å². The summed E-state index contributed by atoms with van der Waals surface area (Å²) >= 11 is 6.01. The number of carbonyl (C=O) groups is 2. The maximum atomic E-state index is 11.1. The predicted molar refractivity (Wildman–Crippen MR) is 103 cm³/mol. The third-order valence-corrected chi connectivity index (χ3v) is 4.64. The Morgan fingerprint density at radius 2 is 1.73 bits per heavy atom. The molecule has 2 N–H and O–H groups in total. The molecule has 144 valence electrons. The number of hydrogen-bond acceptors (Lipinski definition) is 5. The lowest BCUT2D eigenvalue weighted by Crippen LogP contribution is -2.03. The first-order valence-corrected chi connectivity index (χ1v) is 9.33. The van der Waals surface area contributed by atoms with E-state index in [9.17, 15) is 19.8 Å². The average molecular weight is 383 g/mol. The highest BCUT2D eigenvalue weighted by atomic mass is 35.5. The minimum atomic E-state index is -0.253. The van der Waals surface area contributed by atoms with Crippen LogP contribution in [0.25, 0.3) is 6.08 Å². The number of hydrogen-bond donors (Lipinski definition) is 2. The summed E-state index contributed by atoms with van der Waals surface area (Å²) < 4.78 is 5.01. The maximum absolute atomic E-state index is 11.1. The summed E-state index contributed by atoms with van der Waals surface area (Å²) in [5.74, 6) is -0.627. The fourth-order valence-electron chi connectivity index (χ4n) is 2.53. The van der Waals surface area contributed by atoms with Gasteiger partial charge in [-0.2, -0.15) is 0 Å². The lowest BCUT2D eigenvalue weighted by Gasteiger charge is -2.11. The molecule has 6 heteroatoms. The van der Waals surface area contributed by atoms with Crippen molar-refractivity contribution < 1.29 is 24.5 Å². The molecular weight excluding hydrogens is 356 g/mol. The van der Waals surface area contributed by atoms with Crippen molar-refractivity contribution in [1.29, 1.82) is 0 Å². The van der Waals surface area contributed by atoms with Crippen LogP contribution in [0.15, 0.2) is 6.08 Å². The van der Waals surface area contributed by atoms with Crippen molar-refractivity contribution in [2.75, 3.05) is 6.61 Å². The molecule has 0 saturated carbocycles. The van der Waals surface area contributed by atoms with Crippen LogP contribution >= 0.6 is 11.6 Å². The summed E-state index contributed by atoms with van der Waals surface area (Å²) in [7, 11) is 0. The molecule has 0 aliphatic carbocycles. The van der Waals surface area contributed by atoms with Crippen LogP contribution in [-0.2, 0) is 9.53 Å². The quantitative estimate of drug-likeness (QED) is 0.313. The summed E-state index contributed by atoms with van der Waals surface area (Å²) in [6, 6.07) is 0. The Morgan fingerprint density at radius 1 is 1.08 bits per heavy atom. The molecule has 0 aliphatic heterocycles. The van der Waals surface area contributed by atoms with Gasteiger partial charge < -0.3 is 14.9 Å². The fourth-order valence-corrected chi connectivity index (χ4v) is 2.74. The molecule has 0 saturated heterocycles. The van der Waals surface area contributed by atoms with E-state index in [4.69, 9.17) is 16.3 Å².